The summed E-state index contributed by atoms with van der Waals surface area (Å²) in [5, 5.41) is 18.7. The summed E-state index contributed by atoms with van der Waals surface area (Å²) in [6.45, 7) is 0.503. The zero-order valence-corrected chi connectivity index (χ0v) is 14.5. The quantitative estimate of drug-likeness (QED) is 0.838. The lowest BCUT2D eigenvalue weighted by Gasteiger charge is -2.41. The average Bonchev–Trinajstić information content (AvgIpc) is 2.67. The normalized spacial score (nSPS) is 20.5. The second kappa shape index (κ2) is 7.60. The summed E-state index contributed by atoms with van der Waals surface area (Å²) in [4.78, 5) is 13.0. The molecule has 2 aromatic carbocycles. The zero-order valence-electron chi connectivity index (χ0n) is 14.5. The predicted molar refractivity (Wildman–Crippen MR) is 95.0 cm³/mol. The first kappa shape index (κ1) is 19.2. The number of aromatic carboxylic acids is 1. The average molecular weight is 379 g/mol. The topological polar surface area (TPSA) is 60.8 Å². The number of aliphatic hydroxyl groups excluding tert-OH is 1. The molecule has 2 N–H and O–H groups in total. The molecule has 1 fully saturated rings. The van der Waals surface area contributed by atoms with Gasteiger partial charge in [-0.25, -0.2) is 4.79 Å². The standard InChI is InChI=1S/C20H20F3NO3/c21-20(22,23)16-6-1-13(2-7-16)15-5-10-18(12-25)24(11-15)17-8-3-14(4-9-17)19(26)27/h1-4,6-9,15,18,25H,5,10-12H2,(H,26,27)/t15?,18-/m0/s1. The van der Waals surface area contributed by atoms with E-state index < -0.39 is 17.7 Å². The van der Waals surface area contributed by atoms with E-state index in [1.165, 1.54) is 24.3 Å². The van der Waals surface area contributed by atoms with Crippen LogP contribution >= 0.6 is 0 Å². The minimum Gasteiger partial charge on any atom is -0.478 e. The van der Waals surface area contributed by atoms with Gasteiger partial charge >= 0.3 is 12.1 Å². The third kappa shape index (κ3) is 4.24. The van der Waals surface area contributed by atoms with Crippen LogP contribution in [-0.4, -0.2) is 35.4 Å². The number of nitrogens with zero attached hydrogens (tertiary/aromatic N) is 1. The van der Waals surface area contributed by atoms with Gasteiger partial charge in [-0.3, -0.25) is 0 Å². The number of hydrogen-bond acceptors (Lipinski definition) is 3. The van der Waals surface area contributed by atoms with Gasteiger partial charge in [0.25, 0.3) is 0 Å². The molecule has 1 saturated heterocycles. The molecule has 27 heavy (non-hydrogen) atoms. The summed E-state index contributed by atoms with van der Waals surface area (Å²) in [6.07, 6.45) is -2.89. The molecule has 0 spiro atoms. The number of alkyl halides is 3. The van der Waals surface area contributed by atoms with Crippen molar-refractivity contribution in [3.05, 3.63) is 65.2 Å². The Balaban J connectivity index is 1.81. The molecule has 0 bridgehead atoms. The highest BCUT2D eigenvalue weighted by Gasteiger charge is 2.32. The molecule has 144 valence electrons. The van der Waals surface area contributed by atoms with E-state index in [0.717, 1.165) is 29.8 Å². The molecule has 0 amide bonds. The summed E-state index contributed by atoms with van der Waals surface area (Å²) in [5.41, 5.74) is 1.12. The molecule has 0 aromatic heterocycles. The van der Waals surface area contributed by atoms with Gasteiger partial charge in [-0.2, -0.15) is 13.2 Å². The Morgan fingerprint density at radius 3 is 2.19 bits per heavy atom. The van der Waals surface area contributed by atoms with Crippen molar-refractivity contribution in [1.82, 2.24) is 0 Å². The maximum atomic E-state index is 12.8. The van der Waals surface area contributed by atoms with E-state index in [-0.39, 0.29) is 24.1 Å². The minimum atomic E-state index is -4.36. The van der Waals surface area contributed by atoms with Crippen molar-refractivity contribution >= 4 is 11.7 Å². The van der Waals surface area contributed by atoms with Gasteiger partial charge in [0.15, 0.2) is 0 Å². The van der Waals surface area contributed by atoms with Crippen LogP contribution in [-0.2, 0) is 6.18 Å². The van der Waals surface area contributed by atoms with E-state index >= 15 is 0 Å². The molecule has 2 atom stereocenters. The zero-order chi connectivity index (χ0) is 19.6. The largest absolute Gasteiger partial charge is 0.478 e. The molecule has 1 unspecified atom stereocenters. The number of benzene rings is 2. The molecule has 4 nitrogen and oxygen atoms in total. The predicted octanol–water partition coefficient (Wildman–Crippen LogP) is 4.15. The molecular weight excluding hydrogens is 359 g/mol. The molecule has 0 saturated carbocycles. The Labute approximate surface area is 154 Å². The van der Waals surface area contributed by atoms with Gasteiger partial charge in [-0.15, -0.1) is 0 Å². The fraction of sp³-hybridized carbons (Fsp3) is 0.350. The van der Waals surface area contributed by atoms with Gasteiger partial charge in [0, 0.05) is 18.2 Å². The highest BCUT2D eigenvalue weighted by molar-refractivity contribution is 5.88. The smallest absolute Gasteiger partial charge is 0.416 e. The van der Waals surface area contributed by atoms with Gasteiger partial charge < -0.3 is 15.1 Å². The van der Waals surface area contributed by atoms with Crippen molar-refractivity contribution in [2.75, 3.05) is 18.1 Å². The van der Waals surface area contributed by atoms with Gasteiger partial charge in [0.2, 0.25) is 0 Å². The highest BCUT2D eigenvalue weighted by atomic mass is 19.4. The van der Waals surface area contributed by atoms with Gasteiger partial charge in [0.05, 0.1) is 23.8 Å². The van der Waals surface area contributed by atoms with Crippen LogP contribution in [0.25, 0.3) is 0 Å². The Bertz CT molecular complexity index is 788. The third-order valence-corrected chi connectivity index (χ3v) is 5.07. The summed E-state index contributed by atoms with van der Waals surface area (Å²) >= 11 is 0. The number of anilines is 1. The summed E-state index contributed by atoms with van der Waals surface area (Å²) in [6, 6.07) is 11.5. The maximum absolute atomic E-state index is 12.8. The second-order valence-electron chi connectivity index (χ2n) is 6.73. The van der Waals surface area contributed by atoms with Crippen LogP contribution < -0.4 is 4.90 Å². The van der Waals surface area contributed by atoms with Crippen LogP contribution in [0.3, 0.4) is 0 Å². The first-order valence-corrected chi connectivity index (χ1v) is 8.67. The van der Waals surface area contributed by atoms with Crippen LogP contribution in [0.2, 0.25) is 0 Å². The number of hydrogen-bond donors (Lipinski definition) is 2. The molecule has 0 radical (unpaired) electrons. The van der Waals surface area contributed by atoms with E-state index in [0.29, 0.717) is 13.0 Å². The molecule has 3 rings (SSSR count). The van der Waals surface area contributed by atoms with E-state index in [9.17, 15) is 23.1 Å². The second-order valence-corrected chi connectivity index (χ2v) is 6.73. The molecule has 0 aliphatic carbocycles. The number of rotatable bonds is 4. The summed E-state index contributed by atoms with van der Waals surface area (Å²) < 4.78 is 38.3. The van der Waals surface area contributed by atoms with Gasteiger partial charge in [0.1, 0.15) is 0 Å². The van der Waals surface area contributed by atoms with Crippen molar-refractivity contribution in [2.24, 2.45) is 0 Å². The lowest BCUT2D eigenvalue weighted by Crippen LogP contribution is -2.44. The van der Waals surface area contributed by atoms with E-state index in [4.69, 9.17) is 5.11 Å². The number of carboxylic acid groups (broad SMARTS) is 1. The molecule has 1 aliphatic heterocycles. The van der Waals surface area contributed by atoms with Crippen molar-refractivity contribution in [3.8, 4) is 0 Å². The lowest BCUT2D eigenvalue weighted by atomic mass is 9.86. The number of piperidine rings is 1. The van der Waals surface area contributed by atoms with Crippen LogP contribution in [0.4, 0.5) is 18.9 Å². The number of carbonyl (C=O) groups is 1. The Morgan fingerprint density at radius 2 is 1.67 bits per heavy atom. The number of halogens is 3. The number of aliphatic hydroxyl groups is 1. The maximum Gasteiger partial charge on any atom is 0.416 e. The molecule has 1 heterocycles. The van der Waals surface area contributed by atoms with E-state index in [1.807, 2.05) is 4.90 Å². The van der Waals surface area contributed by atoms with Crippen LogP contribution in [0.15, 0.2) is 48.5 Å². The van der Waals surface area contributed by atoms with E-state index in [1.54, 1.807) is 12.1 Å². The Kier molecular flexibility index (Phi) is 5.41. The first-order chi connectivity index (χ1) is 12.8. The third-order valence-electron chi connectivity index (χ3n) is 5.07. The van der Waals surface area contributed by atoms with Crippen LogP contribution in [0.5, 0.6) is 0 Å². The SMILES string of the molecule is O=C(O)c1ccc(N2CC(c3ccc(C(F)(F)F)cc3)CC[C@H]2CO)cc1. The van der Waals surface area contributed by atoms with Gasteiger partial charge in [-0.05, 0) is 54.8 Å². The molecule has 7 heteroatoms. The molecular formula is C20H20F3NO3. The van der Waals surface area contributed by atoms with Crippen LogP contribution in [0, 0.1) is 0 Å². The Morgan fingerprint density at radius 1 is 1.04 bits per heavy atom. The molecule has 2 aromatic rings. The van der Waals surface area contributed by atoms with E-state index in [2.05, 4.69) is 0 Å². The number of carboxylic acids is 1. The Hall–Kier alpha value is -2.54. The molecule has 1 aliphatic rings. The van der Waals surface area contributed by atoms with Crippen molar-refractivity contribution < 1.29 is 28.2 Å². The van der Waals surface area contributed by atoms with Crippen LogP contribution in [0.1, 0.15) is 40.2 Å². The van der Waals surface area contributed by atoms with Crippen molar-refractivity contribution in [1.29, 1.82) is 0 Å². The van der Waals surface area contributed by atoms with Crippen molar-refractivity contribution in [3.63, 3.8) is 0 Å². The highest BCUT2D eigenvalue weighted by Crippen LogP contribution is 2.35. The first-order valence-electron chi connectivity index (χ1n) is 8.67. The fourth-order valence-electron chi connectivity index (χ4n) is 3.55. The lowest BCUT2D eigenvalue weighted by molar-refractivity contribution is -0.137. The van der Waals surface area contributed by atoms with Crippen molar-refractivity contribution in [2.45, 2.75) is 31.0 Å². The summed E-state index contributed by atoms with van der Waals surface area (Å²) in [5.74, 6) is -0.976. The minimum absolute atomic E-state index is 0.0363. The van der Waals surface area contributed by atoms with Gasteiger partial charge in [-0.1, -0.05) is 12.1 Å². The summed E-state index contributed by atoms with van der Waals surface area (Å²) in [7, 11) is 0. The fourth-order valence-corrected chi connectivity index (χ4v) is 3.55. The monoisotopic (exact) mass is 379 g/mol.